The highest BCUT2D eigenvalue weighted by atomic mass is 16.7. The van der Waals surface area contributed by atoms with Crippen LogP contribution in [-0.4, -0.2) is 43.0 Å². The van der Waals surface area contributed by atoms with E-state index in [1.807, 2.05) is 44.2 Å². The zero-order valence-electron chi connectivity index (χ0n) is 15.8. The van der Waals surface area contributed by atoms with Crippen molar-refractivity contribution in [1.29, 1.82) is 0 Å². The summed E-state index contributed by atoms with van der Waals surface area (Å²) in [5, 5.41) is 3.00. The van der Waals surface area contributed by atoms with E-state index in [1.165, 1.54) is 0 Å². The number of carbonyl (C=O) groups is 1. The van der Waals surface area contributed by atoms with E-state index in [-0.39, 0.29) is 5.91 Å². The number of piperidine rings is 1. The Morgan fingerprint density at radius 3 is 2.44 bits per heavy atom. The van der Waals surface area contributed by atoms with Gasteiger partial charge in [-0.05, 0) is 37.1 Å². The first-order valence-electron chi connectivity index (χ1n) is 9.43. The van der Waals surface area contributed by atoms with Gasteiger partial charge < -0.3 is 19.7 Å². The van der Waals surface area contributed by atoms with Crippen molar-refractivity contribution in [2.75, 3.05) is 36.5 Å². The molecule has 0 atom stereocenters. The molecular weight excluding hydrogens is 342 g/mol. The molecule has 1 amide bonds. The lowest BCUT2D eigenvalue weighted by Crippen LogP contribution is -2.45. The minimum absolute atomic E-state index is 0.190. The maximum absolute atomic E-state index is 12.7. The number of aryl methyl sites for hydroxylation is 2. The molecule has 0 saturated carbocycles. The number of benzene rings is 1. The number of hydrogen-bond donors (Lipinski definition) is 1. The first-order valence-corrected chi connectivity index (χ1v) is 9.43. The monoisotopic (exact) mass is 367 g/mol. The van der Waals surface area contributed by atoms with Crippen molar-refractivity contribution in [1.82, 2.24) is 4.98 Å². The molecule has 2 aliphatic heterocycles. The summed E-state index contributed by atoms with van der Waals surface area (Å²) in [6.07, 6.45) is 3.36. The van der Waals surface area contributed by atoms with E-state index in [2.05, 4.69) is 15.2 Å². The average molecular weight is 367 g/mol. The molecule has 2 saturated heterocycles. The molecule has 3 heterocycles. The number of ether oxygens (including phenoxy) is 2. The molecular formula is C21H25N3O3. The number of pyridine rings is 1. The van der Waals surface area contributed by atoms with Gasteiger partial charge in [-0.1, -0.05) is 18.2 Å². The second-order valence-corrected chi connectivity index (χ2v) is 7.21. The maximum Gasteiger partial charge on any atom is 0.274 e. The van der Waals surface area contributed by atoms with Crippen LogP contribution in [0, 0.1) is 13.8 Å². The average Bonchev–Trinajstić information content (AvgIpc) is 3.13. The van der Waals surface area contributed by atoms with Crippen LogP contribution in [0.15, 0.2) is 36.5 Å². The molecule has 0 unspecified atom stereocenters. The lowest BCUT2D eigenvalue weighted by Gasteiger charge is -2.38. The van der Waals surface area contributed by atoms with Gasteiger partial charge in [0.05, 0.1) is 13.2 Å². The number of aromatic nitrogens is 1. The fourth-order valence-electron chi connectivity index (χ4n) is 3.82. The summed E-state index contributed by atoms with van der Waals surface area (Å²) >= 11 is 0. The van der Waals surface area contributed by atoms with E-state index in [9.17, 15) is 4.79 Å². The lowest BCUT2D eigenvalue weighted by molar-refractivity contribution is -0.169. The summed E-state index contributed by atoms with van der Waals surface area (Å²) in [4.78, 5) is 19.3. The molecule has 1 spiro atoms. The summed E-state index contributed by atoms with van der Waals surface area (Å²) in [7, 11) is 0. The van der Waals surface area contributed by atoms with Crippen LogP contribution in [-0.2, 0) is 9.47 Å². The van der Waals surface area contributed by atoms with Gasteiger partial charge in [0.25, 0.3) is 5.91 Å². The van der Waals surface area contributed by atoms with Gasteiger partial charge in [-0.25, -0.2) is 0 Å². The van der Waals surface area contributed by atoms with E-state index < -0.39 is 5.79 Å². The quantitative estimate of drug-likeness (QED) is 0.902. The highest BCUT2D eigenvalue weighted by Gasteiger charge is 2.39. The molecule has 0 aliphatic carbocycles. The van der Waals surface area contributed by atoms with Gasteiger partial charge >= 0.3 is 0 Å². The molecule has 0 radical (unpaired) electrons. The largest absolute Gasteiger partial charge is 0.371 e. The highest BCUT2D eigenvalue weighted by molar-refractivity contribution is 6.04. The van der Waals surface area contributed by atoms with Crippen molar-refractivity contribution in [3.8, 4) is 0 Å². The molecule has 6 nitrogen and oxygen atoms in total. The van der Waals surface area contributed by atoms with Crippen LogP contribution in [0.3, 0.4) is 0 Å². The third-order valence-electron chi connectivity index (χ3n) is 5.40. The normalized spacial score (nSPS) is 18.7. The van der Waals surface area contributed by atoms with Crippen LogP contribution in [0.5, 0.6) is 0 Å². The molecule has 27 heavy (non-hydrogen) atoms. The Balaban J connectivity index is 1.47. The smallest absolute Gasteiger partial charge is 0.274 e. The van der Waals surface area contributed by atoms with Gasteiger partial charge in [0.1, 0.15) is 5.69 Å². The van der Waals surface area contributed by atoms with Crippen molar-refractivity contribution >= 4 is 17.3 Å². The number of nitrogens with one attached hydrogen (secondary N) is 1. The van der Waals surface area contributed by atoms with Crippen molar-refractivity contribution in [3.05, 3.63) is 53.3 Å². The molecule has 1 aromatic heterocycles. The number of carbonyl (C=O) groups excluding carboxylic acids is 1. The first kappa shape index (κ1) is 17.9. The van der Waals surface area contributed by atoms with Crippen molar-refractivity contribution < 1.29 is 14.3 Å². The van der Waals surface area contributed by atoms with Crippen LogP contribution in [0.1, 0.15) is 34.5 Å². The van der Waals surface area contributed by atoms with E-state index in [4.69, 9.17) is 9.47 Å². The predicted octanol–water partition coefficient (Wildman–Crippen LogP) is 3.29. The van der Waals surface area contributed by atoms with Crippen molar-refractivity contribution in [2.24, 2.45) is 0 Å². The fraction of sp³-hybridized carbons (Fsp3) is 0.429. The Morgan fingerprint density at radius 2 is 1.78 bits per heavy atom. The summed E-state index contributed by atoms with van der Waals surface area (Å²) in [5.41, 5.74) is 4.35. The zero-order valence-corrected chi connectivity index (χ0v) is 15.8. The summed E-state index contributed by atoms with van der Waals surface area (Å²) < 4.78 is 11.6. The number of amides is 1. The second-order valence-electron chi connectivity index (χ2n) is 7.21. The zero-order chi connectivity index (χ0) is 18.9. The van der Waals surface area contributed by atoms with Crippen molar-refractivity contribution in [3.63, 3.8) is 0 Å². The molecule has 2 fully saturated rings. The minimum atomic E-state index is -0.397. The summed E-state index contributed by atoms with van der Waals surface area (Å²) in [5.74, 6) is -0.586. The Morgan fingerprint density at radius 1 is 1.11 bits per heavy atom. The molecule has 6 heteroatoms. The topological polar surface area (TPSA) is 63.7 Å². The highest BCUT2D eigenvalue weighted by Crippen LogP contribution is 2.33. The van der Waals surface area contributed by atoms with Crippen molar-refractivity contribution in [2.45, 2.75) is 32.5 Å². The SMILES string of the molecule is Cc1cccc(C)c1NC(=O)c1cc(N2CCC3(CC2)OCCO3)ccn1. The minimum Gasteiger partial charge on any atom is -0.371 e. The molecule has 0 bridgehead atoms. The molecule has 2 aliphatic rings. The van der Waals surface area contributed by atoms with Crippen LogP contribution < -0.4 is 10.2 Å². The van der Waals surface area contributed by atoms with Crippen LogP contribution in [0.25, 0.3) is 0 Å². The maximum atomic E-state index is 12.7. The van der Waals surface area contributed by atoms with Gasteiger partial charge in [-0.2, -0.15) is 0 Å². The third kappa shape index (κ3) is 3.68. The van der Waals surface area contributed by atoms with E-state index in [0.717, 1.165) is 48.4 Å². The summed E-state index contributed by atoms with van der Waals surface area (Å²) in [6, 6.07) is 9.77. The lowest BCUT2D eigenvalue weighted by atomic mass is 10.0. The Labute approximate surface area is 159 Å². The van der Waals surface area contributed by atoms with Crippen LogP contribution >= 0.6 is 0 Å². The van der Waals surface area contributed by atoms with Gasteiger partial charge in [0.2, 0.25) is 0 Å². The second kappa shape index (κ2) is 7.29. The van der Waals surface area contributed by atoms with E-state index >= 15 is 0 Å². The number of hydrogen-bond acceptors (Lipinski definition) is 5. The van der Waals surface area contributed by atoms with Crippen LogP contribution in [0.4, 0.5) is 11.4 Å². The number of anilines is 2. The van der Waals surface area contributed by atoms with E-state index in [1.54, 1.807) is 6.20 Å². The standard InChI is InChI=1S/C21H25N3O3/c1-15-4-3-5-16(2)19(15)23-20(25)18-14-17(6-9-22-18)24-10-7-21(8-11-24)26-12-13-27-21/h3-6,9,14H,7-8,10-13H2,1-2H3,(H,23,25). The molecule has 1 aromatic carbocycles. The number of para-hydroxylation sites is 1. The molecule has 2 aromatic rings. The number of rotatable bonds is 3. The Hall–Kier alpha value is -2.44. The summed E-state index contributed by atoms with van der Waals surface area (Å²) in [6.45, 7) is 7.01. The first-order chi connectivity index (χ1) is 13.1. The van der Waals surface area contributed by atoms with Gasteiger partial charge in [-0.15, -0.1) is 0 Å². The Kier molecular flexibility index (Phi) is 4.85. The van der Waals surface area contributed by atoms with Crippen LogP contribution in [0.2, 0.25) is 0 Å². The van der Waals surface area contributed by atoms with Gasteiger partial charge in [-0.3, -0.25) is 9.78 Å². The molecule has 142 valence electrons. The predicted molar refractivity (Wildman–Crippen MR) is 104 cm³/mol. The molecule has 4 rings (SSSR count). The van der Waals surface area contributed by atoms with Gasteiger partial charge in [0.15, 0.2) is 5.79 Å². The number of nitrogens with zero attached hydrogens (tertiary/aromatic N) is 2. The fourth-order valence-corrected chi connectivity index (χ4v) is 3.82. The third-order valence-corrected chi connectivity index (χ3v) is 5.40. The van der Waals surface area contributed by atoms with Gasteiger partial charge in [0, 0.05) is 43.5 Å². The Bertz CT molecular complexity index is 816. The van der Waals surface area contributed by atoms with E-state index in [0.29, 0.717) is 18.9 Å². The molecule has 1 N–H and O–H groups in total.